The Morgan fingerprint density at radius 3 is 2.75 bits per heavy atom. The molecule has 5 heteroatoms. The lowest BCUT2D eigenvalue weighted by atomic mass is 10.1. The number of aryl methyl sites for hydroxylation is 1. The minimum Gasteiger partial charge on any atom is -0.351 e. The van der Waals surface area contributed by atoms with Crippen molar-refractivity contribution in [3.63, 3.8) is 0 Å². The van der Waals surface area contributed by atoms with Crippen LogP contribution in [0, 0.1) is 6.92 Å². The maximum absolute atomic E-state index is 11.7. The van der Waals surface area contributed by atoms with Crippen molar-refractivity contribution in [1.29, 1.82) is 0 Å². The molecule has 0 aliphatic rings. The van der Waals surface area contributed by atoms with E-state index in [0.717, 1.165) is 10.0 Å². The fourth-order valence-corrected chi connectivity index (χ4v) is 2.27. The molecule has 0 bridgehead atoms. The molecule has 0 spiro atoms. The number of carbonyl (C=O) groups excluding carboxylic acids is 1. The molecule has 1 atom stereocenters. The van der Waals surface area contributed by atoms with Crippen LogP contribution in [-0.2, 0) is 10.8 Å². The molecule has 1 N–H and O–H groups in total. The van der Waals surface area contributed by atoms with Crippen LogP contribution in [0.5, 0.6) is 0 Å². The number of halogens is 1. The van der Waals surface area contributed by atoms with Crippen LogP contribution >= 0.6 is 15.9 Å². The molecule has 0 aliphatic heterocycles. The lowest BCUT2D eigenvalue weighted by molar-refractivity contribution is 0.0955. The second-order valence-electron chi connectivity index (χ2n) is 3.52. The fraction of sp³-hybridized carbons (Fsp3) is 0.364. The molecule has 1 rings (SSSR count). The zero-order valence-corrected chi connectivity index (χ0v) is 11.7. The normalized spacial score (nSPS) is 12.2. The Morgan fingerprint density at radius 1 is 1.50 bits per heavy atom. The van der Waals surface area contributed by atoms with Crippen molar-refractivity contribution in [3.8, 4) is 0 Å². The van der Waals surface area contributed by atoms with E-state index in [9.17, 15) is 9.00 Å². The number of nitrogens with one attached hydrogen (secondary N) is 1. The lowest BCUT2D eigenvalue weighted by Crippen LogP contribution is -2.27. The molecule has 1 amide bonds. The van der Waals surface area contributed by atoms with Crippen molar-refractivity contribution < 1.29 is 9.00 Å². The van der Waals surface area contributed by atoms with Crippen LogP contribution in [0.15, 0.2) is 22.7 Å². The monoisotopic (exact) mass is 303 g/mol. The summed E-state index contributed by atoms with van der Waals surface area (Å²) in [5.41, 5.74) is 1.70. The minimum atomic E-state index is -0.874. The van der Waals surface area contributed by atoms with Gasteiger partial charge in [-0.3, -0.25) is 9.00 Å². The number of carbonyl (C=O) groups is 1. The van der Waals surface area contributed by atoms with Gasteiger partial charge in [0.15, 0.2) is 0 Å². The maximum atomic E-state index is 11.7. The summed E-state index contributed by atoms with van der Waals surface area (Å²) in [6, 6.07) is 5.56. The Labute approximate surface area is 106 Å². The van der Waals surface area contributed by atoms with Gasteiger partial charge in [0.25, 0.3) is 5.91 Å². The van der Waals surface area contributed by atoms with Gasteiger partial charge in [0.2, 0.25) is 0 Å². The summed E-state index contributed by atoms with van der Waals surface area (Å²) < 4.78 is 11.6. The highest BCUT2D eigenvalue weighted by molar-refractivity contribution is 9.10. The molecule has 16 heavy (non-hydrogen) atoms. The summed E-state index contributed by atoms with van der Waals surface area (Å²) in [7, 11) is -0.874. The fourth-order valence-electron chi connectivity index (χ4n) is 1.21. The van der Waals surface area contributed by atoms with Gasteiger partial charge < -0.3 is 5.32 Å². The van der Waals surface area contributed by atoms with Gasteiger partial charge in [-0.1, -0.05) is 6.07 Å². The number of hydrogen-bond acceptors (Lipinski definition) is 2. The molecular weight excluding hydrogens is 290 g/mol. The maximum Gasteiger partial charge on any atom is 0.252 e. The Bertz CT molecular complexity index is 420. The predicted octanol–water partition coefficient (Wildman–Crippen LogP) is 1.87. The molecule has 0 aromatic heterocycles. The highest BCUT2D eigenvalue weighted by atomic mass is 79.9. The van der Waals surface area contributed by atoms with E-state index in [1.54, 1.807) is 12.3 Å². The van der Waals surface area contributed by atoms with E-state index in [0.29, 0.717) is 17.9 Å². The summed E-state index contributed by atoms with van der Waals surface area (Å²) in [5, 5.41) is 2.73. The van der Waals surface area contributed by atoms with E-state index < -0.39 is 10.8 Å². The average Bonchev–Trinajstić information content (AvgIpc) is 2.16. The highest BCUT2D eigenvalue weighted by Gasteiger charge is 2.09. The Kier molecular flexibility index (Phi) is 5.15. The molecule has 0 heterocycles. The van der Waals surface area contributed by atoms with Crippen LogP contribution in [0.1, 0.15) is 15.9 Å². The molecule has 88 valence electrons. The predicted molar refractivity (Wildman–Crippen MR) is 70.1 cm³/mol. The molecule has 1 aromatic carbocycles. The van der Waals surface area contributed by atoms with E-state index in [1.807, 2.05) is 19.1 Å². The molecule has 3 nitrogen and oxygen atoms in total. The van der Waals surface area contributed by atoms with E-state index in [1.165, 1.54) is 0 Å². The third-order valence-electron chi connectivity index (χ3n) is 2.04. The van der Waals surface area contributed by atoms with Crippen LogP contribution in [0.4, 0.5) is 0 Å². The van der Waals surface area contributed by atoms with E-state index in [2.05, 4.69) is 21.2 Å². The van der Waals surface area contributed by atoms with Gasteiger partial charge in [0.1, 0.15) is 0 Å². The second-order valence-corrected chi connectivity index (χ2v) is 5.93. The first-order valence-corrected chi connectivity index (χ1v) is 7.37. The molecule has 1 unspecified atom stereocenters. The Morgan fingerprint density at radius 2 is 2.19 bits per heavy atom. The molecular formula is C11H14BrNO2S. The van der Waals surface area contributed by atoms with Crippen LogP contribution in [0.3, 0.4) is 0 Å². The molecule has 0 aliphatic carbocycles. The summed E-state index contributed by atoms with van der Waals surface area (Å²) in [6.45, 7) is 2.40. The molecule has 0 saturated heterocycles. The average molecular weight is 304 g/mol. The zero-order valence-electron chi connectivity index (χ0n) is 9.25. The molecule has 0 radical (unpaired) electrons. The number of hydrogen-bond donors (Lipinski definition) is 1. The Hall–Kier alpha value is -0.680. The first-order chi connectivity index (χ1) is 7.50. The SMILES string of the molecule is Cc1ccc(C(=O)NCCS(C)=O)c(Br)c1. The summed E-state index contributed by atoms with van der Waals surface area (Å²) in [4.78, 5) is 11.7. The number of amides is 1. The number of benzene rings is 1. The van der Waals surface area contributed by atoms with E-state index in [-0.39, 0.29) is 5.91 Å². The number of rotatable bonds is 4. The van der Waals surface area contributed by atoms with Gasteiger partial charge in [-0.05, 0) is 40.5 Å². The van der Waals surface area contributed by atoms with Crippen LogP contribution < -0.4 is 5.32 Å². The largest absolute Gasteiger partial charge is 0.351 e. The van der Waals surface area contributed by atoms with Crippen molar-refractivity contribution in [1.82, 2.24) is 5.32 Å². The highest BCUT2D eigenvalue weighted by Crippen LogP contribution is 2.17. The van der Waals surface area contributed by atoms with Crippen molar-refractivity contribution >= 4 is 32.6 Å². The first kappa shape index (κ1) is 13.4. The van der Waals surface area contributed by atoms with Gasteiger partial charge in [0, 0.05) is 33.8 Å². The molecule has 1 aromatic rings. The zero-order chi connectivity index (χ0) is 12.1. The summed E-state index contributed by atoms with van der Waals surface area (Å²) in [5.74, 6) is 0.340. The third-order valence-corrected chi connectivity index (χ3v) is 3.48. The van der Waals surface area contributed by atoms with Crippen molar-refractivity contribution in [2.45, 2.75) is 6.92 Å². The van der Waals surface area contributed by atoms with Gasteiger partial charge in [0.05, 0.1) is 5.56 Å². The summed E-state index contributed by atoms with van der Waals surface area (Å²) in [6.07, 6.45) is 1.62. The van der Waals surface area contributed by atoms with Gasteiger partial charge in [-0.2, -0.15) is 0 Å². The minimum absolute atomic E-state index is 0.141. The quantitative estimate of drug-likeness (QED) is 0.923. The van der Waals surface area contributed by atoms with E-state index in [4.69, 9.17) is 0 Å². The first-order valence-electron chi connectivity index (χ1n) is 4.85. The third kappa shape index (κ3) is 4.06. The summed E-state index contributed by atoms with van der Waals surface area (Å²) >= 11 is 3.35. The van der Waals surface area contributed by atoms with Crippen LogP contribution in [0.25, 0.3) is 0 Å². The molecule has 0 fully saturated rings. The second kappa shape index (κ2) is 6.15. The topological polar surface area (TPSA) is 46.2 Å². The molecule has 0 saturated carbocycles. The lowest BCUT2D eigenvalue weighted by Gasteiger charge is -2.06. The van der Waals surface area contributed by atoms with Gasteiger partial charge >= 0.3 is 0 Å². The van der Waals surface area contributed by atoms with E-state index >= 15 is 0 Å². The van der Waals surface area contributed by atoms with Crippen LogP contribution in [-0.4, -0.2) is 28.7 Å². The van der Waals surface area contributed by atoms with Crippen molar-refractivity contribution in [3.05, 3.63) is 33.8 Å². The van der Waals surface area contributed by atoms with Gasteiger partial charge in [-0.15, -0.1) is 0 Å². The Balaban J connectivity index is 2.63. The standard InChI is InChI=1S/C11H14BrNO2S/c1-8-3-4-9(10(12)7-8)11(14)13-5-6-16(2)15/h3-4,7H,5-6H2,1-2H3,(H,13,14). The van der Waals surface area contributed by atoms with Crippen molar-refractivity contribution in [2.75, 3.05) is 18.6 Å². The van der Waals surface area contributed by atoms with Gasteiger partial charge in [-0.25, -0.2) is 0 Å². The van der Waals surface area contributed by atoms with Crippen LogP contribution in [0.2, 0.25) is 0 Å². The smallest absolute Gasteiger partial charge is 0.252 e. The van der Waals surface area contributed by atoms with Crippen molar-refractivity contribution in [2.24, 2.45) is 0 Å².